The van der Waals surface area contributed by atoms with Gasteiger partial charge in [-0.15, -0.1) is 13.2 Å². The Hall–Kier alpha value is -4.69. The van der Waals surface area contributed by atoms with E-state index in [0.717, 1.165) is 21.9 Å². The van der Waals surface area contributed by atoms with Gasteiger partial charge in [0.05, 0.1) is 17.3 Å². The van der Waals surface area contributed by atoms with Gasteiger partial charge in [0.25, 0.3) is 11.8 Å². The van der Waals surface area contributed by atoms with Crippen molar-refractivity contribution in [3.8, 4) is 5.75 Å². The van der Waals surface area contributed by atoms with Crippen LogP contribution < -0.4 is 15.0 Å². The number of piperidine rings is 1. The molecule has 1 spiro atoms. The second kappa shape index (κ2) is 10.9. The molecule has 11 nitrogen and oxygen atoms in total. The van der Waals surface area contributed by atoms with Crippen LogP contribution in [0, 0.1) is 11.7 Å². The Morgan fingerprint density at radius 2 is 1.79 bits per heavy atom. The number of hydrogen-bond donors (Lipinski definition) is 2. The number of carbonyl (C=O) groups excluding carboxylic acids is 4. The van der Waals surface area contributed by atoms with Crippen molar-refractivity contribution in [3.63, 3.8) is 0 Å². The largest absolute Gasteiger partial charge is 0.573 e. The molecular weight excluding hydrogens is 576 g/mol. The topological polar surface area (TPSA) is 128 Å². The number of fused-ring (bicyclic) bond motifs is 1. The number of carbonyl (C=O) groups is 4. The number of alkyl halides is 3. The fourth-order valence-corrected chi connectivity index (χ4v) is 5.59. The first kappa shape index (κ1) is 29.8. The molecule has 2 saturated heterocycles. The minimum absolute atomic E-state index is 0.0680. The van der Waals surface area contributed by atoms with Gasteiger partial charge < -0.3 is 15.0 Å². The van der Waals surface area contributed by atoms with Gasteiger partial charge in [-0.25, -0.2) is 9.18 Å². The van der Waals surface area contributed by atoms with Gasteiger partial charge in [0.1, 0.15) is 23.1 Å². The second-order valence-corrected chi connectivity index (χ2v) is 10.9. The molecule has 2 aliphatic heterocycles. The van der Waals surface area contributed by atoms with Gasteiger partial charge in [-0.1, -0.05) is 13.8 Å². The SMILES string of the molecule is CC(C)C(NC(=O)c1cc(OC(F)(F)F)ccc1F)C(=O)N1CCC2(CC1)C(=O)N(C)C(=O)N2c1ccc2[nH]ncc2c1. The van der Waals surface area contributed by atoms with Crippen LogP contribution in [0.3, 0.4) is 0 Å². The Balaban J connectivity index is 1.33. The van der Waals surface area contributed by atoms with Gasteiger partial charge in [-0.3, -0.25) is 29.3 Å². The molecule has 0 bridgehead atoms. The number of aromatic nitrogens is 2. The number of ether oxygens (including phenoxy) is 1. The summed E-state index contributed by atoms with van der Waals surface area (Å²) >= 11 is 0. The van der Waals surface area contributed by atoms with Gasteiger partial charge in [-0.2, -0.15) is 5.10 Å². The third kappa shape index (κ3) is 5.46. The predicted octanol–water partition coefficient (Wildman–Crippen LogP) is 3.81. The first-order valence-electron chi connectivity index (χ1n) is 13.4. The van der Waals surface area contributed by atoms with Crippen LogP contribution in [0.5, 0.6) is 5.75 Å². The molecule has 0 saturated carbocycles. The van der Waals surface area contributed by atoms with Crippen molar-refractivity contribution < 1.29 is 41.5 Å². The molecule has 1 aromatic heterocycles. The number of urea groups is 1. The molecule has 15 heteroatoms. The van der Waals surface area contributed by atoms with Crippen molar-refractivity contribution in [1.29, 1.82) is 0 Å². The quantitative estimate of drug-likeness (QED) is 0.326. The molecule has 3 aromatic rings. The van der Waals surface area contributed by atoms with Crippen LogP contribution in [-0.2, 0) is 9.59 Å². The maximum Gasteiger partial charge on any atom is 0.573 e. The van der Waals surface area contributed by atoms with Gasteiger partial charge in [0.2, 0.25) is 5.91 Å². The normalized spacial score (nSPS) is 17.7. The van der Waals surface area contributed by atoms with E-state index >= 15 is 0 Å². The van der Waals surface area contributed by atoms with Gasteiger partial charge in [0, 0.05) is 31.2 Å². The van der Waals surface area contributed by atoms with Crippen molar-refractivity contribution in [2.75, 3.05) is 25.0 Å². The number of imide groups is 1. The molecule has 2 aliphatic rings. The van der Waals surface area contributed by atoms with Gasteiger partial charge >= 0.3 is 12.4 Å². The minimum Gasteiger partial charge on any atom is -0.406 e. The van der Waals surface area contributed by atoms with Gasteiger partial charge in [-0.05, 0) is 55.2 Å². The van der Waals surface area contributed by atoms with Crippen LogP contribution in [0.2, 0.25) is 0 Å². The zero-order chi connectivity index (χ0) is 31.3. The summed E-state index contributed by atoms with van der Waals surface area (Å²) in [5.74, 6) is -4.37. The number of rotatable bonds is 6. The third-order valence-electron chi connectivity index (χ3n) is 7.83. The van der Waals surface area contributed by atoms with Crippen LogP contribution in [0.15, 0.2) is 42.6 Å². The Bertz CT molecular complexity index is 1600. The highest BCUT2D eigenvalue weighted by molar-refractivity contribution is 6.17. The highest BCUT2D eigenvalue weighted by atomic mass is 19.4. The maximum absolute atomic E-state index is 14.4. The number of likely N-dealkylation sites (N-methyl/N-ethyl adjacent to an activating group) is 1. The number of aromatic amines is 1. The molecule has 2 aromatic carbocycles. The predicted molar refractivity (Wildman–Crippen MR) is 144 cm³/mol. The summed E-state index contributed by atoms with van der Waals surface area (Å²) in [6.45, 7) is 3.43. The summed E-state index contributed by atoms with van der Waals surface area (Å²) in [4.78, 5) is 57.1. The third-order valence-corrected chi connectivity index (χ3v) is 7.83. The minimum atomic E-state index is -5.05. The van der Waals surface area contributed by atoms with Gasteiger partial charge in [0.15, 0.2) is 0 Å². The molecule has 43 heavy (non-hydrogen) atoms. The summed E-state index contributed by atoms with van der Waals surface area (Å²) in [7, 11) is 1.40. The van der Waals surface area contributed by atoms with Crippen LogP contribution in [0.4, 0.5) is 28.0 Å². The Kier molecular flexibility index (Phi) is 7.52. The molecule has 5 amide bonds. The number of nitrogens with one attached hydrogen (secondary N) is 2. The second-order valence-electron chi connectivity index (χ2n) is 10.9. The Morgan fingerprint density at radius 3 is 2.44 bits per heavy atom. The first-order valence-corrected chi connectivity index (χ1v) is 13.4. The van der Waals surface area contributed by atoms with E-state index in [4.69, 9.17) is 0 Å². The number of H-pyrrole nitrogens is 1. The fraction of sp³-hybridized carbons (Fsp3) is 0.393. The zero-order valence-electron chi connectivity index (χ0n) is 23.4. The molecule has 1 unspecified atom stereocenters. The zero-order valence-corrected chi connectivity index (χ0v) is 23.4. The molecule has 228 valence electrons. The Morgan fingerprint density at radius 1 is 1.09 bits per heavy atom. The molecule has 2 fully saturated rings. The van der Waals surface area contributed by atoms with Crippen LogP contribution >= 0.6 is 0 Å². The van der Waals surface area contributed by atoms with Crippen LogP contribution in [-0.4, -0.2) is 81.8 Å². The summed E-state index contributed by atoms with van der Waals surface area (Å²) in [6.07, 6.45) is -3.22. The summed E-state index contributed by atoms with van der Waals surface area (Å²) in [6, 6.07) is 5.57. The van der Waals surface area contributed by atoms with E-state index in [2.05, 4.69) is 20.3 Å². The fourth-order valence-electron chi connectivity index (χ4n) is 5.59. The van der Waals surface area contributed by atoms with E-state index in [1.165, 1.54) is 16.8 Å². The molecule has 3 heterocycles. The lowest BCUT2D eigenvalue weighted by Crippen LogP contribution is -2.60. The monoisotopic (exact) mass is 604 g/mol. The molecule has 5 rings (SSSR count). The Labute approximate surface area is 242 Å². The van der Waals surface area contributed by atoms with Crippen molar-refractivity contribution in [2.45, 2.75) is 44.6 Å². The average Bonchev–Trinajstić information content (AvgIpc) is 3.49. The van der Waals surface area contributed by atoms with E-state index < -0.39 is 64.7 Å². The van der Waals surface area contributed by atoms with Crippen LogP contribution in [0.25, 0.3) is 10.9 Å². The maximum atomic E-state index is 14.4. The van der Waals surface area contributed by atoms with E-state index in [0.29, 0.717) is 17.8 Å². The average molecular weight is 605 g/mol. The number of anilines is 1. The van der Waals surface area contributed by atoms with Crippen molar-refractivity contribution >= 4 is 40.3 Å². The number of amides is 5. The first-order chi connectivity index (χ1) is 20.2. The van der Waals surface area contributed by atoms with Crippen molar-refractivity contribution in [2.24, 2.45) is 5.92 Å². The van der Waals surface area contributed by atoms with Crippen molar-refractivity contribution in [3.05, 3.63) is 54.0 Å². The standard InChI is InChI=1S/C28H28F4N6O5/c1-15(2)22(34-23(39)19-13-18(5-6-20(19)29)43-28(30,31)32)24(40)37-10-8-27(9-11-37)25(41)36(3)26(42)38(27)17-4-7-21-16(12-17)14-33-35-21/h4-7,12-15,22H,8-11H2,1-3H3,(H,33,35)(H,34,39). The van der Waals surface area contributed by atoms with Crippen LogP contribution in [0.1, 0.15) is 37.0 Å². The van der Waals surface area contributed by atoms with Crippen molar-refractivity contribution in [1.82, 2.24) is 25.3 Å². The van der Waals surface area contributed by atoms with E-state index in [9.17, 15) is 36.7 Å². The van der Waals surface area contributed by atoms with E-state index in [1.54, 1.807) is 38.2 Å². The molecule has 1 atom stereocenters. The lowest BCUT2D eigenvalue weighted by Gasteiger charge is -2.43. The summed E-state index contributed by atoms with van der Waals surface area (Å²) < 4.78 is 56.1. The summed E-state index contributed by atoms with van der Waals surface area (Å²) in [5, 5.41) is 10.0. The number of benzene rings is 2. The lowest BCUT2D eigenvalue weighted by atomic mass is 9.85. The smallest absolute Gasteiger partial charge is 0.406 e. The molecule has 0 aliphatic carbocycles. The molecular formula is C28H28F4N6O5. The summed E-state index contributed by atoms with van der Waals surface area (Å²) in [5.41, 5.74) is -0.701. The number of hydrogen-bond acceptors (Lipinski definition) is 6. The van der Waals surface area contributed by atoms with E-state index in [1.807, 2.05) is 0 Å². The number of nitrogens with zero attached hydrogens (tertiary/aromatic N) is 4. The highest BCUT2D eigenvalue weighted by Crippen LogP contribution is 2.41. The van der Waals surface area contributed by atoms with E-state index in [-0.39, 0.29) is 25.9 Å². The number of likely N-dealkylation sites (tertiary alicyclic amines) is 1. The highest BCUT2D eigenvalue weighted by Gasteiger charge is 2.58. The molecule has 0 radical (unpaired) electrons. The number of halogens is 4. The molecule has 2 N–H and O–H groups in total. The lowest BCUT2D eigenvalue weighted by molar-refractivity contribution is -0.274.